The number of carbonyl (C=O) groups excluding carboxylic acids is 1. The van der Waals surface area contributed by atoms with Gasteiger partial charge in [-0.15, -0.1) is 0 Å². The summed E-state index contributed by atoms with van der Waals surface area (Å²) >= 11 is 0. The normalized spacial score (nSPS) is 17.6. The molecule has 1 aliphatic rings. The van der Waals surface area contributed by atoms with Gasteiger partial charge in [-0.05, 0) is 32.3 Å². The molecule has 0 spiro atoms. The number of allylic oxidation sites excluding steroid dienone is 3. The molecule has 14 heteroatoms. The minimum Gasteiger partial charge on any atom is -0.390 e. The zero-order chi connectivity index (χ0) is 29.0. The molecule has 0 bridgehead atoms. The SMILES string of the molecule is CC(=N)/N=c1\c(=C\NCC/C=C(\C=C(/C)[N+](=O)[O-])C(F)(F)F)cc(C2(O)CCN(C(C)=O)CC2)c2nccn12. The standard InChI is InChI=1S/C25H30F3N7O4/c1-16(35(38)39)13-20(25(26,27)28)5-4-8-30-15-19-14-21(24(37)6-10-33(11-7-24)18(3)36)23-31-9-12-34(23)22(19)32-17(2)29/h5,9,12-15,29-30,37H,4,6-8,10-11H2,1-3H3/b16-13+,19-15+,20-5+,29-17?,32-22+. The van der Waals surface area contributed by atoms with Crippen LogP contribution >= 0.6 is 0 Å². The number of nitro groups is 1. The average Bonchev–Trinajstić information content (AvgIpc) is 3.33. The van der Waals surface area contributed by atoms with Gasteiger partial charge in [-0.25, -0.2) is 9.98 Å². The van der Waals surface area contributed by atoms with E-state index in [2.05, 4.69) is 15.3 Å². The molecule has 0 atom stereocenters. The first kappa shape index (κ1) is 29.5. The van der Waals surface area contributed by atoms with Gasteiger partial charge in [0.15, 0.2) is 0 Å². The third-order valence-corrected chi connectivity index (χ3v) is 6.37. The predicted molar refractivity (Wildman–Crippen MR) is 137 cm³/mol. The molecule has 3 heterocycles. The summed E-state index contributed by atoms with van der Waals surface area (Å²) in [5.41, 5.74) is -1.74. The van der Waals surface area contributed by atoms with E-state index in [1.54, 1.807) is 21.6 Å². The number of rotatable bonds is 7. The van der Waals surface area contributed by atoms with Crippen LogP contribution < -0.4 is 16.0 Å². The van der Waals surface area contributed by atoms with Crippen molar-refractivity contribution in [2.45, 2.75) is 51.8 Å². The van der Waals surface area contributed by atoms with Gasteiger partial charge in [-0.3, -0.25) is 24.7 Å². The van der Waals surface area contributed by atoms with Crippen molar-refractivity contribution in [3.63, 3.8) is 0 Å². The molecule has 1 aliphatic heterocycles. The zero-order valence-electron chi connectivity index (χ0n) is 21.7. The topological polar surface area (TPSA) is 149 Å². The maximum Gasteiger partial charge on any atom is 0.416 e. The first-order chi connectivity index (χ1) is 18.2. The van der Waals surface area contributed by atoms with Gasteiger partial charge in [-0.1, -0.05) is 6.08 Å². The number of piperidine rings is 1. The highest BCUT2D eigenvalue weighted by molar-refractivity contribution is 5.77. The Kier molecular flexibility index (Phi) is 8.89. The van der Waals surface area contributed by atoms with Gasteiger partial charge in [0.2, 0.25) is 11.6 Å². The third-order valence-electron chi connectivity index (χ3n) is 6.37. The fraction of sp³-hybridized carbons (Fsp3) is 0.440. The molecular formula is C25H30F3N7O4. The third kappa shape index (κ3) is 7.07. The first-order valence-electron chi connectivity index (χ1n) is 12.1. The molecule has 39 heavy (non-hydrogen) atoms. The lowest BCUT2D eigenvalue weighted by atomic mass is 9.84. The number of hydrogen-bond acceptors (Lipinski definition) is 7. The van der Waals surface area contributed by atoms with E-state index in [0.717, 1.165) is 13.0 Å². The van der Waals surface area contributed by atoms with E-state index in [4.69, 9.17) is 5.41 Å². The Bertz CT molecular complexity index is 1450. The number of amidine groups is 1. The highest BCUT2D eigenvalue weighted by Gasteiger charge is 2.37. The molecule has 2 aromatic heterocycles. The van der Waals surface area contributed by atoms with Crippen molar-refractivity contribution in [3.8, 4) is 0 Å². The van der Waals surface area contributed by atoms with E-state index in [1.165, 1.54) is 26.2 Å². The van der Waals surface area contributed by atoms with E-state index < -0.39 is 28.0 Å². The smallest absolute Gasteiger partial charge is 0.390 e. The second-order valence-corrected chi connectivity index (χ2v) is 9.28. The predicted octanol–water partition coefficient (Wildman–Crippen LogP) is 2.17. The van der Waals surface area contributed by atoms with Crippen molar-refractivity contribution < 1.29 is 28.0 Å². The van der Waals surface area contributed by atoms with Crippen LogP contribution in [0, 0.1) is 15.5 Å². The second-order valence-electron chi connectivity index (χ2n) is 9.28. The van der Waals surface area contributed by atoms with Gasteiger partial charge in [0.25, 0.3) is 0 Å². The van der Waals surface area contributed by atoms with Crippen molar-refractivity contribution in [3.05, 3.63) is 68.3 Å². The molecule has 1 saturated heterocycles. The lowest BCUT2D eigenvalue weighted by Crippen LogP contribution is -2.46. The number of nitrogens with one attached hydrogen (secondary N) is 2. The Morgan fingerprint density at radius 1 is 1.33 bits per heavy atom. The number of nitrogens with zero attached hydrogens (tertiary/aromatic N) is 5. The average molecular weight is 550 g/mol. The van der Waals surface area contributed by atoms with E-state index in [9.17, 15) is 33.2 Å². The zero-order valence-corrected chi connectivity index (χ0v) is 21.7. The van der Waals surface area contributed by atoms with Gasteiger partial charge in [0, 0.05) is 68.9 Å². The summed E-state index contributed by atoms with van der Waals surface area (Å²) in [6, 6.07) is 1.68. The maximum absolute atomic E-state index is 13.3. The Morgan fingerprint density at radius 3 is 2.56 bits per heavy atom. The van der Waals surface area contributed by atoms with Gasteiger partial charge in [0.1, 0.15) is 17.0 Å². The lowest BCUT2D eigenvalue weighted by Gasteiger charge is -2.38. The quantitative estimate of drug-likeness (QED) is 0.120. The van der Waals surface area contributed by atoms with Crippen LogP contribution in [0.3, 0.4) is 0 Å². The number of pyridine rings is 1. The first-order valence-corrected chi connectivity index (χ1v) is 12.1. The number of aromatic nitrogens is 2. The van der Waals surface area contributed by atoms with Crippen molar-refractivity contribution in [1.82, 2.24) is 19.6 Å². The number of likely N-dealkylation sites (tertiary alicyclic amines) is 1. The lowest BCUT2D eigenvalue weighted by molar-refractivity contribution is -0.424. The maximum atomic E-state index is 13.3. The van der Waals surface area contributed by atoms with Gasteiger partial charge < -0.3 is 15.3 Å². The van der Waals surface area contributed by atoms with Crippen molar-refractivity contribution in [2.24, 2.45) is 4.99 Å². The largest absolute Gasteiger partial charge is 0.416 e. The van der Waals surface area contributed by atoms with Crippen LogP contribution in [-0.2, 0) is 10.4 Å². The van der Waals surface area contributed by atoms with Crippen LogP contribution in [0.25, 0.3) is 11.8 Å². The van der Waals surface area contributed by atoms with Gasteiger partial charge in [-0.2, -0.15) is 13.2 Å². The number of carbonyl (C=O) groups is 1. The number of alkyl halides is 3. The fourth-order valence-electron chi connectivity index (χ4n) is 4.31. The molecule has 0 aliphatic carbocycles. The summed E-state index contributed by atoms with van der Waals surface area (Å²) in [5.74, 6) is -0.0739. The van der Waals surface area contributed by atoms with E-state index in [-0.39, 0.29) is 37.6 Å². The van der Waals surface area contributed by atoms with Crippen LogP contribution in [-0.4, -0.2) is 61.9 Å². The van der Waals surface area contributed by atoms with Crippen LogP contribution in [0.1, 0.15) is 45.6 Å². The molecule has 1 amide bonds. The summed E-state index contributed by atoms with van der Waals surface area (Å²) in [6.45, 7) is 4.73. The minimum atomic E-state index is -4.75. The highest BCUT2D eigenvalue weighted by atomic mass is 19.4. The number of halogens is 3. The summed E-state index contributed by atoms with van der Waals surface area (Å²) in [6.07, 6.45) is 1.78. The monoisotopic (exact) mass is 549 g/mol. The Balaban J connectivity index is 1.97. The Labute approximate surface area is 221 Å². The summed E-state index contributed by atoms with van der Waals surface area (Å²) in [7, 11) is 0. The van der Waals surface area contributed by atoms with E-state index in [0.29, 0.717) is 41.1 Å². The summed E-state index contributed by atoms with van der Waals surface area (Å²) < 4.78 is 41.5. The number of aliphatic hydroxyl groups is 1. The molecule has 0 unspecified atom stereocenters. The number of amides is 1. The molecule has 0 aromatic carbocycles. The molecule has 3 rings (SSSR count). The number of hydrogen-bond donors (Lipinski definition) is 3. The molecular weight excluding hydrogens is 519 g/mol. The van der Waals surface area contributed by atoms with Crippen LogP contribution in [0.4, 0.5) is 13.2 Å². The fourth-order valence-corrected chi connectivity index (χ4v) is 4.31. The van der Waals surface area contributed by atoms with Crippen molar-refractivity contribution in [1.29, 1.82) is 5.41 Å². The molecule has 0 radical (unpaired) electrons. The van der Waals surface area contributed by atoms with Gasteiger partial charge in [0.05, 0.1) is 16.1 Å². The molecule has 210 valence electrons. The molecule has 0 saturated carbocycles. The minimum absolute atomic E-state index is 0.00609. The van der Waals surface area contributed by atoms with Crippen LogP contribution in [0.5, 0.6) is 0 Å². The molecule has 1 fully saturated rings. The summed E-state index contributed by atoms with van der Waals surface area (Å²) in [4.78, 5) is 31.9. The number of imidazole rings is 1. The molecule has 3 N–H and O–H groups in total. The summed E-state index contributed by atoms with van der Waals surface area (Å²) in [5, 5.41) is 33.5. The van der Waals surface area contributed by atoms with E-state index >= 15 is 0 Å². The molecule has 11 nitrogen and oxygen atoms in total. The molecule has 2 aromatic rings. The van der Waals surface area contributed by atoms with Crippen molar-refractivity contribution >= 4 is 23.6 Å². The van der Waals surface area contributed by atoms with E-state index in [1.807, 2.05) is 0 Å². The number of fused-ring (bicyclic) bond motifs is 1. The van der Waals surface area contributed by atoms with Gasteiger partial charge >= 0.3 is 6.18 Å². The Morgan fingerprint density at radius 2 is 2.00 bits per heavy atom. The van der Waals surface area contributed by atoms with Crippen molar-refractivity contribution in [2.75, 3.05) is 19.6 Å². The van der Waals surface area contributed by atoms with Crippen LogP contribution in [0.2, 0.25) is 0 Å². The highest BCUT2D eigenvalue weighted by Crippen LogP contribution is 2.34. The second kappa shape index (κ2) is 11.8. The Hall–Kier alpha value is -4.07. The van der Waals surface area contributed by atoms with Crippen LogP contribution in [0.15, 0.2) is 46.9 Å².